The van der Waals surface area contributed by atoms with Crippen molar-refractivity contribution < 1.29 is 19.6 Å². The monoisotopic (exact) mass is 353 g/mol. The van der Waals surface area contributed by atoms with E-state index in [1.54, 1.807) is 30.3 Å². The minimum atomic E-state index is -0.560. The van der Waals surface area contributed by atoms with Gasteiger partial charge in [-0.15, -0.1) is 0 Å². The van der Waals surface area contributed by atoms with E-state index < -0.39 is 15.8 Å². The number of Topliss-reactive ketones (excluding diaryl/α,β-unsaturated/α-hetero) is 1. The number of carbonyl (C=O) groups is 2. The fourth-order valence-electron chi connectivity index (χ4n) is 2.30. The molecule has 0 amide bonds. The minimum absolute atomic E-state index is 0.0639. The van der Waals surface area contributed by atoms with E-state index >= 15 is 0 Å². The molecule has 0 bridgehead atoms. The Labute approximate surface area is 146 Å². The van der Waals surface area contributed by atoms with Gasteiger partial charge in [0.1, 0.15) is 11.3 Å². The van der Waals surface area contributed by atoms with Gasteiger partial charge in [0.15, 0.2) is 0 Å². The normalized spacial score (nSPS) is 17.8. The number of carbonyl (C=O) groups excluding carboxylic acids is 2. The number of nitro groups is 1. The van der Waals surface area contributed by atoms with Crippen molar-refractivity contribution in [3.63, 3.8) is 0 Å². The highest BCUT2D eigenvalue weighted by atomic mass is 32.2. The zero-order valence-electron chi connectivity index (χ0n) is 12.7. The van der Waals surface area contributed by atoms with Gasteiger partial charge >= 0.3 is 0 Å². The third kappa shape index (κ3) is 3.36. The summed E-state index contributed by atoms with van der Waals surface area (Å²) >= 11 is 0.731. The van der Waals surface area contributed by atoms with Crippen LogP contribution in [0.25, 0.3) is 11.8 Å². The highest BCUT2D eigenvalue weighted by Gasteiger charge is 2.36. The van der Waals surface area contributed by atoms with Gasteiger partial charge in [0.25, 0.3) is 5.69 Å². The van der Waals surface area contributed by atoms with Gasteiger partial charge < -0.3 is 5.11 Å². The topological polar surface area (TPSA) is 97.5 Å². The van der Waals surface area contributed by atoms with E-state index in [4.69, 9.17) is 0 Å². The Morgan fingerprint density at radius 3 is 2.28 bits per heavy atom. The number of aliphatic hydroxyl groups excluding tert-OH is 1. The van der Waals surface area contributed by atoms with Gasteiger partial charge in [0, 0.05) is 17.7 Å². The summed E-state index contributed by atoms with van der Waals surface area (Å²) in [5.74, 6) is -0.912. The molecular weight excluding hydrogens is 342 g/mol. The predicted molar refractivity (Wildman–Crippen MR) is 94.7 cm³/mol. The van der Waals surface area contributed by atoms with Gasteiger partial charge in [-0.25, -0.2) is 0 Å². The Bertz CT molecular complexity index is 930. The second kappa shape index (κ2) is 6.74. The van der Waals surface area contributed by atoms with Crippen LogP contribution in [0.1, 0.15) is 11.1 Å². The molecule has 0 atom stereocenters. The Balaban J connectivity index is 1.95. The SMILES string of the molecule is O=C1SC(=Cc2ccc([N+](=O)[O-])cc2)C(=O)/C1=C(/O)c1ccccc1. The summed E-state index contributed by atoms with van der Waals surface area (Å²) in [6.45, 7) is 0. The summed E-state index contributed by atoms with van der Waals surface area (Å²) in [4.78, 5) is 34.9. The molecule has 7 heteroatoms. The largest absolute Gasteiger partial charge is 0.506 e. The Morgan fingerprint density at radius 2 is 1.68 bits per heavy atom. The molecule has 0 aliphatic carbocycles. The van der Waals surface area contributed by atoms with E-state index in [2.05, 4.69) is 0 Å². The lowest BCUT2D eigenvalue weighted by molar-refractivity contribution is -0.384. The molecule has 25 heavy (non-hydrogen) atoms. The first-order valence-corrected chi connectivity index (χ1v) is 8.00. The second-order valence-electron chi connectivity index (χ2n) is 5.17. The molecule has 6 nitrogen and oxygen atoms in total. The molecule has 2 aromatic carbocycles. The first kappa shape index (κ1) is 16.7. The van der Waals surface area contributed by atoms with Crippen LogP contribution < -0.4 is 0 Å². The number of non-ortho nitro benzene ring substituents is 1. The smallest absolute Gasteiger partial charge is 0.269 e. The second-order valence-corrected chi connectivity index (χ2v) is 6.18. The molecule has 1 aliphatic heterocycles. The number of aliphatic hydroxyl groups is 1. The number of hydrogen-bond donors (Lipinski definition) is 1. The van der Waals surface area contributed by atoms with E-state index in [0.717, 1.165) is 11.8 Å². The zero-order valence-corrected chi connectivity index (χ0v) is 13.5. The van der Waals surface area contributed by atoms with E-state index in [0.29, 0.717) is 11.1 Å². The lowest BCUT2D eigenvalue weighted by atomic mass is 10.0. The Hall–Kier alpha value is -3.19. The average Bonchev–Trinajstić information content (AvgIpc) is 2.89. The molecule has 1 N–H and O–H groups in total. The molecule has 0 unspecified atom stereocenters. The molecule has 2 aromatic rings. The minimum Gasteiger partial charge on any atom is -0.506 e. The molecular formula is C18H11NO5S. The standard InChI is InChI=1S/C18H11NO5S/c20-16(12-4-2-1-3-5-12)15-17(21)14(25-18(15)22)10-11-6-8-13(9-7-11)19(23)24/h1-10,20H/b14-10?,16-15-. The van der Waals surface area contributed by atoms with Crippen LogP contribution in [0.2, 0.25) is 0 Å². The number of thioether (sulfide) groups is 1. The molecule has 3 rings (SSSR count). The maximum atomic E-state index is 12.5. The van der Waals surface area contributed by atoms with Gasteiger partial charge in [-0.2, -0.15) is 0 Å². The van der Waals surface area contributed by atoms with E-state index in [1.165, 1.54) is 30.3 Å². The lowest BCUT2D eigenvalue weighted by Gasteiger charge is -2.01. The molecule has 0 saturated carbocycles. The van der Waals surface area contributed by atoms with Crippen LogP contribution in [0.4, 0.5) is 5.69 Å². The fourth-order valence-corrected chi connectivity index (χ4v) is 3.18. The molecule has 1 fully saturated rings. The number of hydrogen-bond acceptors (Lipinski definition) is 6. The van der Waals surface area contributed by atoms with Crippen LogP contribution in [0.3, 0.4) is 0 Å². The Morgan fingerprint density at radius 1 is 1.04 bits per heavy atom. The van der Waals surface area contributed by atoms with Crippen molar-refractivity contribution in [1.29, 1.82) is 0 Å². The van der Waals surface area contributed by atoms with Gasteiger partial charge in [0.2, 0.25) is 10.9 Å². The number of nitrogens with zero attached hydrogens (tertiary/aromatic N) is 1. The van der Waals surface area contributed by atoms with E-state index in [1.807, 2.05) is 0 Å². The molecule has 1 heterocycles. The molecule has 0 spiro atoms. The first-order chi connectivity index (χ1) is 12.0. The van der Waals surface area contributed by atoms with Crippen molar-refractivity contribution in [2.75, 3.05) is 0 Å². The maximum Gasteiger partial charge on any atom is 0.269 e. The van der Waals surface area contributed by atoms with Crippen molar-refractivity contribution in [2.45, 2.75) is 0 Å². The quantitative estimate of drug-likeness (QED) is 0.297. The summed E-state index contributed by atoms with van der Waals surface area (Å²) in [5, 5.41) is 20.4. The van der Waals surface area contributed by atoms with Crippen LogP contribution in [0, 0.1) is 10.1 Å². The summed E-state index contributed by atoms with van der Waals surface area (Å²) in [6, 6.07) is 14.0. The molecule has 0 radical (unpaired) electrons. The predicted octanol–water partition coefficient (Wildman–Crippen LogP) is 3.75. The third-order valence-electron chi connectivity index (χ3n) is 3.54. The molecule has 1 saturated heterocycles. The van der Waals surface area contributed by atoms with Gasteiger partial charge in [-0.3, -0.25) is 19.7 Å². The lowest BCUT2D eigenvalue weighted by Crippen LogP contribution is -2.04. The highest BCUT2D eigenvalue weighted by Crippen LogP contribution is 2.37. The van der Waals surface area contributed by atoms with Gasteiger partial charge in [-0.1, -0.05) is 30.3 Å². The summed E-state index contributed by atoms with van der Waals surface area (Å²) in [5.41, 5.74) is 0.612. The third-order valence-corrected chi connectivity index (χ3v) is 4.46. The maximum absolute atomic E-state index is 12.5. The van der Waals surface area contributed by atoms with Crippen molar-refractivity contribution in [1.82, 2.24) is 0 Å². The fraction of sp³-hybridized carbons (Fsp3) is 0. The van der Waals surface area contributed by atoms with Crippen molar-refractivity contribution in [3.05, 3.63) is 86.3 Å². The first-order valence-electron chi connectivity index (χ1n) is 7.19. The molecule has 1 aliphatic rings. The Kier molecular flexibility index (Phi) is 4.49. The van der Waals surface area contributed by atoms with Crippen molar-refractivity contribution >= 4 is 40.2 Å². The van der Waals surface area contributed by atoms with E-state index in [-0.39, 0.29) is 21.9 Å². The van der Waals surface area contributed by atoms with Crippen LogP contribution in [-0.2, 0) is 9.59 Å². The number of allylic oxidation sites excluding steroid dienone is 1. The number of benzene rings is 2. The highest BCUT2D eigenvalue weighted by molar-refractivity contribution is 8.19. The number of ketones is 1. The van der Waals surface area contributed by atoms with E-state index in [9.17, 15) is 24.8 Å². The summed E-state index contributed by atoms with van der Waals surface area (Å²) in [7, 11) is 0. The summed E-state index contributed by atoms with van der Waals surface area (Å²) in [6.07, 6.45) is 1.47. The van der Waals surface area contributed by atoms with Crippen LogP contribution in [0.5, 0.6) is 0 Å². The number of rotatable bonds is 3. The van der Waals surface area contributed by atoms with Crippen molar-refractivity contribution in [2.24, 2.45) is 0 Å². The molecule has 124 valence electrons. The van der Waals surface area contributed by atoms with Crippen molar-refractivity contribution in [3.8, 4) is 0 Å². The van der Waals surface area contributed by atoms with Crippen LogP contribution in [-0.4, -0.2) is 20.9 Å². The zero-order chi connectivity index (χ0) is 18.0. The van der Waals surface area contributed by atoms with Gasteiger partial charge in [0.05, 0.1) is 9.83 Å². The summed E-state index contributed by atoms with van der Waals surface area (Å²) < 4.78 is 0. The van der Waals surface area contributed by atoms with Crippen LogP contribution >= 0.6 is 11.8 Å². The van der Waals surface area contributed by atoms with Gasteiger partial charge in [-0.05, 0) is 35.5 Å². The number of nitro benzene ring substituents is 1. The average molecular weight is 353 g/mol. The van der Waals surface area contributed by atoms with Crippen LogP contribution in [0.15, 0.2) is 65.1 Å². The molecule has 0 aromatic heterocycles.